The topological polar surface area (TPSA) is 71.3 Å². The Bertz CT molecular complexity index is 818. The van der Waals surface area contributed by atoms with Crippen molar-refractivity contribution in [1.29, 1.82) is 0 Å². The Kier molecular flexibility index (Phi) is 6.44. The third-order valence-electron chi connectivity index (χ3n) is 3.18. The van der Waals surface area contributed by atoms with Gasteiger partial charge in [-0.15, -0.1) is 0 Å². The van der Waals surface area contributed by atoms with E-state index >= 15 is 0 Å². The van der Waals surface area contributed by atoms with Gasteiger partial charge in [-0.3, -0.25) is 9.59 Å². The quantitative estimate of drug-likeness (QED) is 0.801. The smallest absolute Gasteiger partial charge is 0.416 e. The molecular weight excluding hydrogens is 349 g/mol. The van der Waals surface area contributed by atoms with Crippen LogP contribution < -0.4 is 10.6 Å². The Morgan fingerprint density at radius 2 is 1.92 bits per heavy atom. The predicted octanol–water partition coefficient (Wildman–Crippen LogP) is 2.59. The molecule has 8 heteroatoms. The predicted molar refractivity (Wildman–Crippen MR) is 87.0 cm³/mol. The molecule has 0 radical (unpaired) electrons. The fraction of sp³-hybridized carbons (Fsp3) is 0.222. The first-order valence-electron chi connectivity index (χ1n) is 7.61. The summed E-state index contributed by atoms with van der Waals surface area (Å²) in [4.78, 5) is 23.2. The van der Waals surface area contributed by atoms with Crippen molar-refractivity contribution in [3.8, 4) is 11.8 Å². The van der Waals surface area contributed by atoms with Gasteiger partial charge in [-0.25, -0.2) is 0 Å². The average molecular weight is 364 g/mol. The maximum atomic E-state index is 12.6. The van der Waals surface area contributed by atoms with Crippen LogP contribution in [-0.2, 0) is 11.0 Å². The second-order valence-electron chi connectivity index (χ2n) is 5.14. The second kappa shape index (κ2) is 8.76. The van der Waals surface area contributed by atoms with E-state index < -0.39 is 17.6 Å². The molecule has 2 amide bonds. The number of hydrogen-bond acceptors (Lipinski definition) is 3. The highest BCUT2D eigenvalue weighted by Crippen LogP contribution is 2.29. The van der Waals surface area contributed by atoms with Crippen LogP contribution in [0.15, 0.2) is 47.1 Å². The zero-order valence-corrected chi connectivity index (χ0v) is 13.5. The summed E-state index contributed by atoms with van der Waals surface area (Å²) in [6, 6.07) is 7.70. The van der Waals surface area contributed by atoms with Crippen molar-refractivity contribution in [2.24, 2.45) is 0 Å². The summed E-state index contributed by atoms with van der Waals surface area (Å²) in [5.41, 5.74) is -0.569. The maximum Gasteiger partial charge on any atom is 0.416 e. The molecule has 2 aromatic rings. The molecule has 0 aliphatic carbocycles. The number of rotatable bonds is 5. The van der Waals surface area contributed by atoms with E-state index in [9.17, 15) is 22.8 Å². The molecule has 1 aromatic carbocycles. The molecule has 0 fully saturated rings. The van der Waals surface area contributed by atoms with E-state index in [-0.39, 0.29) is 36.7 Å². The molecule has 0 bridgehead atoms. The first-order valence-corrected chi connectivity index (χ1v) is 7.61. The molecular formula is C18H15F3N2O3. The molecule has 26 heavy (non-hydrogen) atoms. The number of alkyl halides is 3. The van der Waals surface area contributed by atoms with Gasteiger partial charge in [-0.1, -0.05) is 17.9 Å². The van der Waals surface area contributed by atoms with Gasteiger partial charge in [0.25, 0.3) is 5.91 Å². The summed E-state index contributed by atoms with van der Waals surface area (Å²) in [6.45, 7) is 0.105. The lowest BCUT2D eigenvalue weighted by molar-refractivity contribution is -0.137. The Balaban J connectivity index is 1.72. The fourth-order valence-corrected chi connectivity index (χ4v) is 1.94. The second-order valence-corrected chi connectivity index (χ2v) is 5.14. The molecule has 5 nitrogen and oxygen atoms in total. The van der Waals surface area contributed by atoms with Crippen LogP contribution in [0.3, 0.4) is 0 Å². The molecule has 0 unspecified atom stereocenters. The first-order chi connectivity index (χ1) is 12.4. The Morgan fingerprint density at radius 3 is 2.62 bits per heavy atom. The molecule has 1 heterocycles. The van der Waals surface area contributed by atoms with Gasteiger partial charge in [0, 0.05) is 18.5 Å². The third kappa shape index (κ3) is 6.02. The van der Waals surface area contributed by atoms with E-state index in [0.29, 0.717) is 0 Å². The summed E-state index contributed by atoms with van der Waals surface area (Å²) < 4.78 is 42.7. The molecule has 0 saturated heterocycles. The molecule has 136 valence electrons. The van der Waals surface area contributed by atoms with Gasteiger partial charge in [0.1, 0.15) is 0 Å². The number of carbonyl (C=O) groups is 2. The SMILES string of the molecule is O=C(CCNC(=O)c1ccco1)NCC#Cc1cccc(C(F)(F)F)c1. The number of hydrogen-bond donors (Lipinski definition) is 2. The van der Waals surface area contributed by atoms with E-state index in [1.54, 1.807) is 6.07 Å². The van der Waals surface area contributed by atoms with Crippen molar-refractivity contribution >= 4 is 11.8 Å². The maximum absolute atomic E-state index is 12.6. The minimum atomic E-state index is -4.42. The van der Waals surface area contributed by atoms with Gasteiger partial charge in [0.05, 0.1) is 18.4 Å². The third-order valence-corrected chi connectivity index (χ3v) is 3.18. The highest BCUT2D eigenvalue weighted by molar-refractivity contribution is 5.91. The van der Waals surface area contributed by atoms with Gasteiger partial charge in [0.15, 0.2) is 5.76 Å². The van der Waals surface area contributed by atoms with E-state index in [2.05, 4.69) is 22.5 Å². The van der Waals surface area contributed by atoms with Gasteiger partial charge >= 0.3 is 6.18 Å². The van der Waals surface area contributed by atoms with E-state index in [1.165, 1.54) is 24.5 Å². The zero-order valence-electron chi connectivity index (χ0n) is 13.5. The van der Waals surface area contributed by atoms with Gasteiger partial charge < -0.3 is 15.1 Å². The average Bonchev–Trinajstić information content (AvgIpc) is 3.13. The van der Waals surface area contributed by atoms with Crippen LogP contribution in [0.1, 0.15) is 28.1 Å². The number of nitrogens with one attached hydrogen (secondary N) is 2. The number of benzene rings is 1. The summed E-state index contributed by atoms with van der Waals surface area (Å²) in [7, 11) is 0. The Hall–Kier alpha value is -3.21. The van der Waals surface area contributed by atoms with Crippen LogP contribution in [0.5, 0.6) is 0 Å². The van der Waals surface area contributed by atoms with E-state index in [1.807, 2.05) is 0 Å². The number of carbonyl (C=O) groups excluding carboxylic acids is 2. The minimum Gasteiger partial charge on any atom is -0.459 e. The van der Waals surface area contributed by atoms with Crippen molar-refractivity contribution in [2.75, 3.05) is 13.1 Å². The molecule has 0 saturated carbocycles. The summed E-state index contributed by atoms with van der Waals surface area (Å²) in [5, 5.41) is 5.01. The van der Waals surface area contributed by atoms with E-state index in [0.717, 1.165) is 12.1 Å². The number of halogens is 3. The lowest BCUT2D eigenvalue weighted by Gasteiger charge is -2.05. The van der Waals surface area contributed by atoms with Crippen molar-refractivity contribution in [3.63, 3.8) is 0 Å². The minimum absolute atomic E-state index is 0.0127. The van der Waals surface area contributed by atoms with Gasteiger partial charge in [-0.05, 0) is 30.3 Å². The van der Waals surface area contributed by atoms with Crippen LogP contribution >= 0.6 is 0 Å². The standard InChI is InChI=1S/C18H15F3N2O3/c19-18(20,21)14-6-1-4-13(12-14)5-2-9-22-16(24)8-10-23-17(25)15-7-3-11-26-15/h1,3-4,6-7,11-12H,8-10H2,(H,22,24)(H,23,25). The monoisotopic (exact) mass is 364 g/mol. The van der Waals surface area contributed by atoms with Gasteiger partial charge in [-0.2, -0.15) is 13.2 Å². The molecule has 0 spiro atoms. The molecule has 2 rings (SSSR count). The lowest BCUT2D eigenvalue weighted by atomic mass is 10.1. The van der Waals surface area contributed by atoms with Crippen molar-refractivity contribution in [2.45, 2.75) is 12.6 Å². The summed E-state index contributed by atoms with van der Waals surface area (Å²) in [6.07, 6.45) is -3.02. The van der Waals surface area contributed by atoms with Gasteiger partial charge in [0.2, 0.25) is 5.91 Å². The Labute approximate surface area is 147 Å². The molecule has 0 aliphatic rings. The van der Waals surface area contributed by atoms with Crippen LogP contribution in [0, 0.1) is 11.8 Å². The molecule has 0 aliphatic heterocycles. The molecule has 1 aromatic heterocycles. The fourth-order valence-electron chi connectivity index (χ4n) is 1.94. The van der Waals surface area contributed by atoms with Crippen LogP contribution in [0.2, 0.25) is 0 Å². The zero-order chi connectivity index (χ0) is 19.0. The van der Waals surface area contributed by atoms with E-state index in [4.69, 9.17) is 4.42 Å². The lowest BCUT2D eigenvalue weighted by Crippen LogP contribution is -2.30. The Morgan fingerprint density at radius 1 is 1.12 bits per heavy atom. The highest BCUT2D eigenvalue weighted by atomic mass is 19.4. The van der Waals surface area contributed by atoms with Crippen LogP contribution in [0.25, 0.3) is 0 Å². The van der Waals surface area contributed by atoms with Crippen molar-refractivity contribution < 1.29 is 27.2 Å². The largest absolute Gasteiger partial charge is 0.459 e. The molecule has 2 N–H and O–H groups in total. The van der Waals surface area contributed by atoms with Crippen LogP contribution in [0.4, 0.5) is 13.2 Å². The highest BCUT2D eigenvalue weighted by Gasteiger charge is 2.30. The summed E-state index contributed by atoms with van der Waals surface area (Å²) >= 11 is 0. The number of amides is 2. The first kappa shape index (κ1) is 19.1. The molecule has 0 atom stereocenters. The summed E-state index contributed by atoms with van der Waals surface area (Å²) in [5.74, 6) is 4.52. The number of furan rings is 1. The normalized spacial score (nSPS) is 10.6. The van der Waals surface area contributed by atoms with Crippen molar-refractivity contribution in [3.05, 3.63) is 59.5 Å². The van der Waals surface area contributed by atoms with Crippen molar-refractivity contribution in [1.82, 2.24) is 10.6 Å². The van der Waals surface area contributed by atoms with Crippen LogP contribution in [-0.4, -0.2) is 24.9 Å².